The fraction of sp³-hybridized carbons (Fsp3) is 0.667. The van der Waals surface area contributed by atoms with Crippen LogP contribution in [0.15, 0.2) is 18.2 Å². The van der Waals surface area contributed by atoms with Crippen LogP contribution < -0.4 is 9.47 Å². The van der Waals surface area contributed by atoms with E-state index < -0.39 is 0 Å². The number of piperidine rings is 1. The molecule has 2 rings (SSSR count). The minimum absolute atomic E-state index is 0.294. The molecular formula is C18H29NO3. The Labute approximate surface area is 134 Å². The van der Waals surface area contributed by atoms with Gasteiger partial charge in [0.2, 0.25) is 0 Å². The molecule has 0 spiro atoms. The third-order valence-corrected chi connectivity index (χ3v) is 4.07. The summed E-state index contributed by atoms with van der Waals surface area (Å²) in [5, 5.41) is 9.35. The molecule has 1 aliphatic heterocycles. The van der Waals surface area contributed by atoms with Crippen LogP contribution >= 0.6 is 0 Å². The third kappa shape index (κ3) is 4.89. The van der Waals surface area contributed by atoms with Gasteiger partial charge in [-0.15, -0.1) is 0 Å². The zero-order valence-electron chi connectivity index (χ0n) is 14.0. The number of hydrogen-bond acceptors (Lipinski definition) is 4. The van der Waals surface area contributed by atoms with Gasteiger partial charge in [-0.1, -0.05) is 19.9 Å². The molecule has 1 atom stereocenters. The lowest BCUT2D eigenvalue weighted by molar-refractivity contribution is 0.116. The molecule has 1 heterocycles. The van der Waals surface area contributed by atoms with Crippen LogP contribution in [-0.4, -0.2) is 43.4 Å². The van der Waals surface area contributed by atoms with Crippen LogP contribution in [0.3, 0.4) is 0 Å². The summed E-state index contributed by atoms with van der Waals surface area (Å²) in [6.07, 6.45) is 2.30. The first-order valence-corrected chi connectivity index (χ1v) is 8.25. The van der Waals surface area contributed by atoms with E-state index in [0.29, 0.717) is 25.0 Å². The van der Waals surface area contributed by atoms with Crippen molar-refractivity contribution in [3.8, 4) is 11.5 Å². The van der Waals surface area contributed by atoms with E-state index in [4.69, 9.17) is 9.47 Å². The van der Waals surface area contributed by atoms with Gasteiger partial charge in [-0.3, -0.25) is 4.90 Å². The second-order valence-electron chi connectivity index (χ2n) is 6.62. The number of rotatable bonds is 7. The number of hydrogen-bond donors (Lipinski definition) is 1. The molecule has 0 bridgehead atoms. The van der Waals surface area contributed by atoms with E-state index in [9.17, 15) is 5.11 Å². The van der Waals surface area contributed by atoms with Gasteiger partial charge in [-0.05, 0) is 48.9 Å². The molecule has 0 amide bonds. The lowest BCUT2D eigenvalue weighted by Crippen LogP contribution is -2.36. The van der Waals surface area contributed by atoms with Crippen LogP contribution in [0.25, 0.3) is 0 Å². The summed E-state index contributed by atoms with van der Waals surface area (Å²) in [5.41, 5.74) is 1.23. The summed E-state index contributed by atoms with van der Waals surface area (Å²) < 4.78 is 11.3. The van der Waals surface area contributed by atoms with Gasteiger partial charge in [-0.2, -0.15) is 0 Å². The highest BCUT2D eigenvalue weighted by Crippen LogP contribution is 2.29. The molecule has 0 aliphatic carbocycles. The first kappa shape index (κ1) is 17.1. The predicted octanol–water partition coefficient (Wildman–Crippen LogP) is 2.93. The summed E-state index contributed by atoms with van der Waals surface area (Å²) in [6.45, 7) is 8.24. The molecular weight excluding hydrogens is 278 g/mol. The maximum Gasteiger partial charge on any atom is 0.161 e. The Hall–Kier alpha value is -1.26. The van der Waals surface area contributed by atoms with Crippen molar-refractivity contribution in [2.75, 3.05) is 33.4 Å². The molecule has 1 N–H and O–H groups in total. The van der Waals surface area contributed by atoms with Gasteiger partial charge >= 0.3 is 0 Å². The fourth-order valence-corrected chi connectivity index (χ4v) is 2.89. The first-order valence-electron chi connectivity index (χ1n) is 8.25. The molecule has 1 unspecified atom stereocenters. The largest absolute Gasteiger partial charge is 0.493 e. The Morgan fingerprint density at radius 1 is 1.32 bits per heavy atom. The monoisotopic (exact) mass is 307 g/mol. The second kappa shape index (κ2) is 8.39. The number of benzene rings is 1. The minimum Gasteiger partial charge on any atom is -0.493 e. The van der Waals surface area contributed by atoms with Crippen molar-refractivity contribution >= 4 is 0 Å². The highest BCUT2D eigenvalue weighted by atomic mass is 16.5. The number of likely N-dealkylation sites (tertiary alicyclic amines) is 1. The molecule has 1 aromatic carbocycles. The van der Waals surface area contributed by atoms with Gasteiger partial charge in [0.1, 0.15) is 0 Å². The lowest BCUT2D eigenvalue weighted by Gasteiger charge is -2.31. The molecule has 22 heavy (non-hydrogen) atoms. The summed E-state index contributed by atoms with van der Waals surface area (Å²) in [5.74, 6) is 2.52. The highest BCUT2D eigenvalue weighted by Gasteiger charge is 2.19. The summed E-state index contributed by atoms with van der Waals surface area (Å²) in [6, 6.07) is 6.17. The van der Waals surface area contributed by atoms with Crippen molar-refractivity contribution in [2.24, 2.45) is 11.8 Å². The molecule has 1 saturated heterocycles. The van der Waals surface area contributed by atoms with Crippen LogP contribution in [0, 0.1) is 11.8 Å². The Morgan fingerprint density at radius 2 is 2.14 bits per heavy atom. The topological polar surface area (TPSA) is 41.9 Å². The van der Waals surface area contributed by atoms with Crippen LogP contribution in [0.4, 0.5) is 0 Å². The van der Waals surface area contributed by atoms with Gasteiger partial charge in [-0.25, -0.2) is 0 Å². The van der Waals surface area contributed by atoms with E-state index >= 15 is 0 Å². The van der Waals surface area contributed by atoms with E-state index in [2.05, 4.69) is 30.9 Å². The Morgan fingerprint density at radius 3 is 2.82 bits per heavy atom. The van der Waals surface area contributed by atoms with E-state index in [-0.39, 0.29) is 0 Å². The normalized spacial score (nSPS) is 19.4. The van der Waals surface area contributed by atoms with E-state index in [0.717, 1.165) is 44.0 Å². The van der Waals surface area contributed by atoms with Crippen molar-refractivity contribution in [3.63, 3.8) is 0 Å². The van der Waals surface area contributed by atoms with Crippen molar-refractivity contribution in [1.29, 1.82) is 0 Å². The van der Waals surface area contributed by atoms with E-state index in [1.165, 1.54) is 5.56 Å². The predicted molar refractivity (Wildman–Crippen MR) is 88.4 cm³/mol. The molecule has 0 saturated carbocycles. The Balaban J connectivity index is 2.02. The van der Waals surface area contributed by atoms with Gasteiger partial charge in [0.15, 0.2) is 11.5 Å². The maximum absolute atomic E-state index is 9.35. The van der Waals surface area contributed by atoms with Crippen molar-refractivity contribution < 1.29 is 14.6 Å². The van der Waals surface area contributed by atoms with Gasteiger partial charge < -0.3 is 14.6 Å². The third-order valence-electron chi connectivity index (χ3n) is 4.07. The van der Waals surface area contributed by atoms with E-state index in [1.807, 2.05) is 6.07 Å². The molecule has 0 aromatic heterocycles. The average Bonchev–Trinajstić information content (AvgIpc) is 2.53. The highest BCUT2D eigenvalue weighted by molar-refractivity contribution is 5.43. The molecule has 1 aliphatic rings. The molecule has 124 valence electrons. The van der Waals surface area contributed by atoms with Crippen LogP contribution in [-0.2, 0) is 6.54 Å². The second-order valence-corrected chi connectivity index (χ2v) is 6.62. The van der Waals surface area contributed by atoms with Crippen molar-refractivity contribution in [1.82, 2.24) is 4.90 Å². The lowest BCUT2D eigenvalue weighted by atomic mass is 9.98. The zero-order chi connectivity index (χ0) is 15.9. The standard InChI is InChI=1S/C18H29NO3/c1-14(2)13-22-18-9-15(6-7-17(18)21-3)10-19-8-4-5-16(11-19)12-20/h6-7,9,14,16,20H,4-5,8,10-13H2,1-3H3. The summed E-state index contributed by atoms with van der Waals surface area (Å²) in [4.78, 5) is 2.42. The van der Waals surface area contributed by atoms with Crippen LogP contribution in [0.1, 0.15) is 32.3 Å². The van der Waals surface area contributed by atoms with E-state index in [1.54, 1.807) is 7.11 Å². The molecule has 4 nitrogen and oxygen atoms in total. The van der Waals surface area contributed by atoms with Crippen LogP contribution in [0.2, 0.25) is 0 Å². The number of methoxy groups -OCH3 is 1. The Bertz CT molecular complexity index is 462. The molecule has 4 heteroatoms. The smallest absolute Gasteiger partial charge is 0.161 e. The molecule has 1 fully saturated rings. The van der Waals surface area contributed by atoms with Crippen molar-refractivity contribution in [2.45, 2.75) is 33.2 Å². The molecule has 1 aromatic rings. The number of aliphatic hydroxyl groups is 1. The maximum atomic E-state index is 9.35. The van der Waals surface area contributed by atoms with Gasteiger partial charge in [0.05, 0.1) is 13.7 Å². The average molecular weight is 307 g/mol. The number of ether oxygens (including phenoxy) is 2. The van der Waals surface area contributed by atoms with Gasteiger partial charge in [0, 0.05) is 19.7 Å². The SMILES string of the molecule is COc1ccc(CN2CCCC(CO)C2)cc1OCC(C)C. The Kier molecular flexibility index (Phi) is 6.52. The van der Waals surface area contributed by atoms with Crippen molar-refractivity contribution in [3.05, 3.63) is 23.8 Å². The summed E-state index contributed by atoms with van der Waals surface area (Å²) >= 11 is 0. The molecule has 0 radical (unpaired) electrons. The number of aliphatic hydroxyl groups excluding tert-OH is 1. The summed E-state index contributed by atoms with van der Waals surface area (Å²) in [7, 11) is 1.67. The quantitative estimate of drug-likeness (QED) is 0.841. The first-order chi connectivity index (χ1) is 10.6. The van der Waals surface area contributed by atoms with Gasteiger partial charge in [0.25, 0.3) is 0 Å². The minimum atomic E-state index is 0.294. The zero-order valence-corrected chi connectivity index (χ0v) is 14.0. The van der Waals surface area contributed by atoms with Crippen LogP contribution in [0.5, 0.6) is 11.5 Å². The number of nitrogens with zero attached hydrogens (tertiary/aromatic N) is 1. The fourth-order valence-electron chi connectivity index (χ4n) is 2.89.